The molecule has 2 aromatic carbocycles. The Kier molecular flexibility index (Phi) is 3.35. The Bertz CT molecular complexity index is 842. The van der Waals surface area contributed by atoms with Crippen molar-refractivity contribution in [3.05, 3.63) is 70.7 Å². The summed E-state index contributed by atoms with van der Waals surface area (Å²) >= 11 is 1.47. The van der Waals surface area contributed by atoms with Gasteiger partial charge < -0.3 is 10.1 Å². The Labute approximate surface area is 137 Å². The summed E-state index contributed by atoms with van der Waals surface area (Å²) in [5.74, 6) is 0.950. The van der Waals surface area contributed by atoms with E-state index in [0.29, 0.717) is 5.13 Å². The van der Waals surface area contributed by atoms with Crippen LogP contribution in [0.3, 0.4) is 0 Å². The molecule has 4 nitrogen and oxygen atoms in total. The van der Waals surface area contributed by atoms with Crippen LogP contribution in [0.15, 0.2) is 54.7 Å². The van der Waals surface area contributed by atoms with E-state index in [-0.39, 0.29) is 5.91 Å². The summed E-state index contributed by atoms with van der Waals surface area (Å²) in [5, 5.41) is 3.55. The highest BCUT2D eigenvalue weighted by Gasteiger charge is 2.32. The molecular weight excluding hydrogens is 308 g/mol. The zero-order valence-electron chi connectivity index (χ0n) is 12.4. The number of ether oxygens (including phenoxy) is 1. The van der Waals surface area contributed by atoms with E-state index in [9.17, 15) is 4.79 Å². The molecule has 0 radical (unpaired) electrons. The Balaban J connectivity index is 1.76. The fraction of sp³-hybridized carbons (Fsp3) is 0.111. The van der Waals surface area contributed by atoms with Crippen molar-refractivity contribution < 1.29 is 9.53 Å². The minimum absolute atomic E-state index is 0.0949. The molecule has 5 heteroatoms. The summed E-state index contributed by atoms with van der Waals surface area (Å²) < 4.78 is 5.92. The standard InChI is InChI=1S/C18H14N2O2S/c1-11-10-19-18(23-11)20-17(21)16-12-6-2-4-8-14(12)22-15-9-5-3-7-13(15)16/h2-10,16H,1H3,(H,19,20,21). The second kappa shape index (κ2) is 5.52. The quantitative estimate of drug-likeness (QED) is 0.764. The first-order chi connectivity index (χ1) is 11.2. The molecular formula is C18H14N2O2S. The van der Waals surface area contributed by atoms with Gasteiger partial charge in [0.05, 0.1) is 5.92 Å². The molecule has 1 amide bonds. The molecule has 114 valence electrons. The lowest BCUT2D eigenvalue weighted by Gasteiger charge is -2.27. The summed E-state index contributed by atoms with van der Waals surface area (Å²) in [5.41, 5.74) is 1.74. The van der Waals surface area contributed by atoms with Gasteiger partial charge in [-0.3, -0.25) is 4.79 Å². The van der Waals surface area contributed by atoms with Crippen molar-refractivity contribution in [2.75, 3.05) is 5.32 Å². The average molecular weight is 322 g/mol. The number of benzene rings is 2. The highest BCUT2D eigenvalue weighted by Crippen LogP contribution is 2.44. The third-order valence-corrected chi connectivity index (χ3v) is 4.62. The molecule has 2 heterocycles. The van der Waals surface area contributed by atoms with Gasteiger partial charge in [-0.25, -0.2) is 4.98 Å². The zero-order valence-corrected chi connectivity index (χ0v) is 13.3. The third kappa shape index (κ3) is 2.49. The number of hydrogen-bond acceptors (Lipinski definition) is 4. The Morgan fingerprint density at radius 2 is 1.70 bits per heavy atom. The van der Waals surface area contributed by atoms with Crippen molar-refractivity contribution in [3.63, 3.8) is 0 Å². The van der Waals surface area contributed by atoms with Crippen molar-refractivity contribution in [1.82, 2.24) is 4.98 Å². The normalized spacial score (nSPS) is 12.9. The third-order valence-electron chi connectivity index (χ3n) is 3.79. The maximum atomic E-state index is 12.9. The topological polar surface area (TPSA) is 51.2 Å². The van der Waals surface area contributed by atoms with Gasteiger partial charge in [-0.2, -0.15) is 0 Å². The number of carbonyl (C=O) groups is 1. The molecule has 4 rings (SSSR count). The van der Waals surface area contributed by atoms with E-state index >= 15 is 0 Å². The van der Waals surface area contributed by atoms with Gasteiger partial charge >= 0.3 is 0 Å². The average Bonchev–Trinajstić information content (AvgIpc) is 2.97. The molecule has 0 aliphatic carbocycles. The number of fused-ring (bicyclic) bond motifs is 2. The lowest BCUT2D eigenvalue weighted by Crippen LogP contribution is -2.24. The number of hydrogen-bond donors (Lipinski definition) is 1. The van der Waals surface area contributed by atoms with Crippen molar-refractivity contribution in [2.24, 2.45) is 0 Å². The molecule has 0 spiro atoms. The zero-order chi connectivity index (χ0) is 15.8. The van der Waals surface area contributed by atoms with Crippen LogP contribution in [0.25, 0.3) is 0 Å². The number of aromatic nitrogens is 1. The lowest BCUT2D eigenvalue weighted by atomic mass is 9.87. The molecule has 3 aromatic rings. The first-order valence-corrected chi connectivity index (χ1v) is 8.13. The molecule has 0 atom stereocenters. The van der Waals surface area contributed by atoms with Crippen molar-refractivity contribution in [2.45, 2.75) is 12.8 Å². The van der Waals surface area contributed by atoms with E-state index in [1.807, 2.05) is 55.5 Å². The van der Waals surface area contributed by atoms with Crippen LogP contribution in [0.1, 0.15) is 21.9 Å². The van der Waals surface area contributed by atoms with Crippen LogP contribution >= 0.6 is 11.3 Å². The number of para-hydroxylation sites is 2. The monoisotopic (exact) mass is 322 g/mol. The van der Waals surface area contributed by atoms with Crippen LogP contribution in [0.4, 0.5) is 5.13 Å². The van der Waals surface area contributed by atoms with Crippen LogP contribution in [-0.2, 0) is 4.79 Å². The lowest BCUT2D eigenvalue weighted by molar-refractivity contribution is -0.116. The predicted octanol–water partition coefficient (Wildman–Crippen LogP) is 4.33. The predicted molar refractivity (Wildman–Crippen MR) is 90.3 cm³/mol. The number of rotatable bonds is 2. The maximum absolute atomic E-state index is 12.9. The van der Waals surface area contributed by atoms with Crippen molar-refractivity contribution in [1.29, 1.82) is 0 Å². The van der Waals surface area contributed by atoms with Crippen molar-refractivity contribution >= 4 is 22.4 Å². The molecule has 0 saturated carbocycles. The number of anilines is 1. The fourth-order valence-electron chi connectivity index (χ4n) is 2.78. The van der Waals surface area contributed by atoms with Gasteiger partial charge in [-0.05, 0) is 19.1 Å². The summed E-state index contributed by atoms with van der Waals surface area (Å²) in [6.07, 6.45) is 1.76. The van der Waals surface area contributed by atoms with Gasteiger partial charge in [0, 0.05) is 22.2 Å². The van der Waals surface area contributed by atoms with E-state index in [2.05, 4.69) is 10.3 Å². The van der Waals surface area contributed by atoms with E-state index in [1.165, 1.54) is 11.3 Å². The Morgan fingerprint density at radius 1 is 1.09 bits per heavy atom. The second-order valence-electron chi connectivity index (χ2n) is 5.38. The summed E-state index contributed by atoms with van der Waals surface area (Å²) in [6.45, 7) is 1.96. The smallest absolute Gasteiger partial charge is 0.238 e. The summed E-state index contributed by atoms with van der Waals surface area (Å²) in [4.78, 5) is 18.2. The highest BCUT2D eigenvalue weighted by molar-refractivity contribution is 7.15. The number of carbonyl (C=O) groups excluding carboxylic acids is 1. The van der Waals surface area contributed by atoms with Gasteiger partial charge in [-0.1, -0.05) is 36.4 Å². The van der Waals surface area contributed by atoms with Gasteiger partial charge in [-0.15, -0.1) is 11.3 Å². The van der Waals surface area contributed by atoms with Gasteiger partial charge in [0.25, 0.3) is 0 Å². The Hall–Kier alpha value is -2.66. The molecule has 1 aromatic heterocycles. The Morgan fingerprint density at radius 3 is 2.26 bits per heavy atom. The summed E-state index contributed by atoms with van der Waals surface area (Å²) in [6, 6.07) is 15.3. The van der Waals surface area contributed by atoms with E-state index in [1.54, 1.807) is 6.20 Å². The van der Waals surface area contributed by atoms with Crippen LogP contribution < -0.4 is 10.1 Å². The molecule has 0 fully saturated rings. The molecule has 1 aliphatic rings. The van der Waals surface area contributed by atoms with Gasteiger partial charge in [0.1, 0.15) is 11.5 Å². The minimum Gasteiger partial charge on any atom is -0.457 e. The first-order valence-electron chi connectivity index (χ1n) is 7.31. The largest absolute Gasteiger partial charge is 0.457 e. The van der Waals surface area contributed by atoms with E-state index < -0.39 is 5.92 Å². The van der Waals surface area contributed by atoms with Crippen LogP contribution in [-0.4, -0.2) is 10.9 Å². The van der Waals surface area contributed by atoms with E-state index in [0.717, 1.165) is 27.5 Å². The maximum Gasteiger partial charge on any atom is 0.238 e. The van der Waals surface area contributed by atoms with Gasteiger partial charge in [0.15, 0.2) is 5.13 Å². The van der Waals surface area contributed by atoms with E-state index in [4.69, 9.17) is 4.74 Å². The SMILES string of the molecule is Cc1cnc(NC(=O)C2c3ccccc3Oc3ccccc32)s1. The summed E-state index contributed by atoms with van der Waals surface area (Å²) in [7, 11) is 0. The van der Waals surface area contributed by atoms with Crippen molar-refractivity contribution in [3.8, 4) is 11.5 Å². The molecule has 23 heavy (non-hydrogen) atoms. The molecule has 1 N–H and O–H groups in total. The van der Waals surface area contributed by atoms with Gasteiger partial charge in [0.2, 0.25) is 5.91 Å². The van der Waals surface area contributed by atoms with Crippen LogP contribution in [0.5, 0.6) is 11.5 Å². The highest BCUT2D eigenvalue weighted by atomic mass is 32.1. The second-order valence-corrected chi connectivity index (χ2v) is 6.61. The molecule has 0 bridgehead atoms. The number of nitrogens with zero attached hydrogens (tertiary/aromatic N) is 1. The number of amides is 1. The first kappa shape index (κ1) is 14.0. The number of thiazole rings is 1. The molecule has 0 unspecified atom stereocenters. The molecule has 1 aliphatic heterocycles. The number of aryl methyl sites for hydroxylation is 1. The minimum atomic E-state index is -0.402. The number of nitrogens with one attached hydrogen (secondary N) is 1. The molecule has 0 saturated heterocycles. The van der Waals surface area contributed by atoms with Crippen LogP contribution in [0.2, 0.25) is 0 Å². The fourth-order valence-corrected chi connectivity index (χ4v) is 3.45. The van der Waals surface area contributed by atoms with Crippen LogP contribution in [0, 0.1) is 6.92 Å².